The fraction of sp³-hybridized carbons (Fsp3) is 0.667. The summed E-state index contributed by atoms with van der Waals surface area (Å²) in [4.78, 5) is 0. The first kappa shape index (κ1) is 7.18. The number of allylic oxidation sites excluding steroid dienone is 2. The molecule has 0 spiro atoms. The van der Waals surface area contributed by atoms with Crippen LogP contribution in [0.5, 0.6) is 0 Å². The van der Waals surface area contributed by atoms with Gasteiger partial charge in [-0.15, -0.1) is 11.6 Å². The fourth-order valence-electron chi connectivity index (χ4n) is 2.33. The van der Waals surface area contributed by atoms with Gasteiger partial charge in [-0.25, -0.2) is 0 Å². The Morgan fingerprint density at radius 1 is 1.45 bits per heavy atom. The molecule has 1 nitrogen and oxygen atoms in total. The topological polar surface area (TPSA) is 23.8 Å². The molecule has 58 valence electrons. The largest absolute Gasteiger partial charge is 0.198 e. The highest BCUT2D eigenvalue weighted by molar-refractivity contribution is 6.18. The van der Waals surface area contributed by atoms with E-state index in [0.29, 0.717) is 23.6 Å². The first-order valence-corrected chi connectivity index (χ1v) is 4.54. The number of nitriles is 1. The summed E-state index contributed by atoms with van der Waals surface area (Å²) in [6.45, 7) is 0. The predicted octanol–water partition coefficient (Wildman–Crippen LogP) is 2.19. The molecule has 0 aromatic rings. The Morgan fingerprint density at radius 3 is 2.73 bits per heavy atom. The Kier molecular flexibility index (Phi) is 1.65. The van der Waals surface area contributed by atoms with E-state index in [1.54, 1.807) is 0 Å². The van der Waals surface area contributed by atoms with Crippen molar-refractivity contribution in [2.24, 2.45) is 23.7 Å². The maximum atomic E-state index is 8.85. The fourth-order valence-corrected chi connectivity index (χ4v) is 2.75. The summed E-state index contributed by atoms with van der Waals surface area (Å²) in [6, 6.07) is 2.36. The lowest BCUT2D eigenvalue weighted by Gasteiger charge is -2.19. The number of alkyl halides is 1. The van der Waals surface area contributed by atoms with Crippen molar-refractivity contribution in [3.8, 4) is 6.07 Å². The highest BCUT2D eigenvalue weighted by atomic mass is 35.5. The number of nitrogens with zero attached hydrogens (tertiary/aromatic N) is 1. The molecule has 1 fully saturated rings. The zero-order valence-electron chi connectivity index (χ0n) is 6.20. The zero-order valence-corrected chi connectivity index (χ0v) is 6.96. The summed E-state index contributed by atoms with van der Waals surface area (Å²) in [6.07, 6.45) is 5.57. The predicted molar refractivity (Wildman–Crippen MR) is 44.1 cm³/mol. The van der Waals surface area contributed by atoms with Crippen LogP contribution in [0.2, 0.25) is 0 Å². The average Bonchev–Trinajstić information content (AvgIpc) is 2.60. The summed E-state index contributed by atoms with van der Waals surface area (Å²) >= 11 is 5.79. The minimum atomic E-state index is 0.197. The minimum absolute atomic E-state index is 0.197. The van der Waals surface area contributed by atoms with Gasteiger partial charge < -0.3 is 0 Å². The highest BCUT2D eigenvalue weighted by Gasteiger charge is 2.43. The first-order chi connectivity index (χ1) is 5.36. The second-order valence-corrected chi connectivity index (χ2v) is 3.73. The van der Waals surface area contributed by atoms with Crippen LogP contribution in [0.3, 0.4) is 0 Å². The Balaban J connectivity index is 2.23. The van der Waals surface area contributed by atoms with E-state index in [-0.39, 0.29) is 5.92 Å². The minimum Gasteiger partial charge on any atom is -0.198 e. The van der Waals surface area contributed by atoms with Crippen LogP contribution in [-0.4, -0.2) is 5.88 Å². The van der Waals surface area contributed by atoms with Gasteiger partial charge in [0.2, 0.25) is 0 Å². The molecule has 0 aromatic heterocycles. The molecule has 2 bridgehead atoms. The molecule has 2 heteroatoms. The van der Waals surface area contributed by atoms with Gasteiger partial charge in [0.1, 0.15) is 0 Å². The van der Waals surface area contributed by atoms with Crippen molar-refractivity contribution in [2.45, 2.75) is 6.42 Å². The molecule has 11 heavy (non-hydrogen) atoms. The molecule has 2 rings (SSSR count). The molecule has 1 saturated carbocycles. The number of hydrogen-bond acceptors (Lipinski definition) is 1. The van der Waals surface area contributed by atoms with E-state index in [1.165, 1.54) is 0 Å². The van der Waals surface area contributed by atoms with Gasteiger partial charge >= 0.3 is 0 Å². The summed E-state index contributed by atoms with van der Waals surface area (Å²) in [7, 11) is 0. The summed E-state index contributed by atoms with van der Waals surface area (Å²) in [5.41, 5.74) is 0. The first-order valence-electron chi connectivity index (χ1n) is 4.00. The molecule has 4 atom stereocenters. The molecule has 0 saturated heterocycles. The van der Waals surface area contributed by atoms with Crippen LogP contribution in [0.15, 0.2) is 12.2 Å². The second kappa shape index (κ2) is 2.53. The molecular formula is C9H10ClN. The number of rotatable bonds is 1. The van der Waals surface area contributed by atoms with Crippen LogP contribution in [0.25, 0.3) is 0 Å². The molecule has 0 aromatic carbocycles. The Hall–Kier alpha value is -0.480. The molecule has 2 unspecified atom stereocenters. The molecule has 2 aliphatic rings. The SMILES string of the molecule is N#C[C@@H]1C2C=CC(C2)[C@H]1CCl. The Morgan fingerprint density at radius 2 is 2.18 bits per heavy atom. The van der Waals surface area contributed by atoms with Crippen LogP contribution in [0.4, 0.5) is 0 Å². The molecule has 0 aliphatic heterocycles. The van der Waals surface area contributed by atoms with E-state index in [1.807, 2.05) is 0 Å². The van der Waals surface area contributed by atoms with E-state index >= 15 is 0 Å². The monoisotopic (exact) mass is 167 g/mol. The molecule has 0 heterocycles. The molecule has 2 aliphatic carbocycles. The van der Waals surface area contributed by atoms with Crippen LogP contribution < -0.4 is 0 Å². The van der Waals surface area contributed by atoms with E-state index < -0.39 is 0 Å². The van der Waals surface area contributed by atoms with Crippen molar-refractivity contribution >= 4 is 11.6 Å². The number of halogens is 1. The standard InChI is InChI=1S/C9H10ClN/c10-4-8-6-1-2-7(3-6)9(8)5-11/h1-2,6-9H,3-4H2/t6?,7?,8-,9-/m1/s1. The smallest absolute Gasteiger partial charge is 0.0665 e. The number of fused-ring (bicyclic) bond motifs is 2. The summed E-state index contributed by atoms with van der Waals surface area (Å²) in [5.74, 6) is 2.37. The third-order valence-electron chi connectivity index (χ3n) is 2.95. The van der Waals surface area contributed by atoms with Crippen molar-refractivity contribution in [3.63, 3.8) is 0 Å². The van der Waals surface area contributed by atoms with Gasteiger partial charge in [0.25, 0.3) is 0 Å². The van der Waals surface area contributed by atoms with Crippen LogP contribution in [-0.2, 0) is 0 Å². The van der Waals surface area contributed by atoms with Gasteiger partial charge in [-0.3, -0.25) is 0 Å². The van der Waals surface area contributed by atoms with Crippen molar-refractivity contribution in [1.29, 1.82) is 5.26 Å². The van der Waals surface area contributed by atoms with E-state index in [9.17, 15) is 0 Å². The van der Waals surface area contributed by atoms with Crippen molar-refractivity contribution < 1.29 is 0 Å². The number of hydrogen-bond donors (Lipinski definition) is 0. The normalized spacial score (nSPS) is 46.2. The van der Waals surface area contributed by atoms with Crippen molar-refractivity contribution in [3.05, 3.63) is 12.2 Å². The lowest BCUT2D eigenvalue weighted by Crippen LogP contribution is -2.19. The lowest BCUT2D eigenvalue weighted by atomic mass is 9.85. The van der Waals surface area contributed by atoms with Gasteiger partial charge in [0.05, 0.1) is 12.0 Å². The molecular weight excluding hydrogens is 158 g/mol. The highest BCUT2D eigenvalue weighted by Crippen LogP contribution is 2.47. The van der Waals surface area contributed by atoms with Gasteiger partial charge in [-0.2, -0.15) is 5.26 Å². The van der Waals surface area contributed by atoms with Gasteiger partial charge in [0, 0.05) is 5.88 Å². The van der Waals surface area contributed by atoms with Gasteiger partial charge in [-0.1, -0.05) is 12.2 Å². The van der Waals surface area contributed by atoms with Crippen molar-refractivity contribution in [2.75, 3.05) is 5.88 Å². The summed E-state index contributed by atoms with van der Waals surface area (Å²) < 4.78 is 0. The van der Waals surface area contributed by atoms with Gasteiger partial charge in [0.15, 0.2) is 0 Å². The van der Waals surface area contributed by atoms with Crippen molar-refractivity contribution in [1.82, 2.24) is 0 Å². The van der Waals surface area contributed by atoms with E-state index in [2.05, 4.69) is 18.2 Å². The second-order valence-electron chi connectivity index (χ2n) is 3.42. The molecule has 0 radical (unpaired) electrons. The average molecular weight is 168 g/mol. The third-order valence-corrected chi connectivity index (χ3v) is 3.31. The van der Waals surface area contributed by atoms with E-state index in [0.717, 1.165) is 6.42 Å². The zero-order chi connectivity index (χ0) is 7.84. The van der Waals surface area contributed by atoms with E-state index in [4.69, 9.17) is 16.9 Å². The van der Waals surface area contributed by atoms with Crippen LogP contribution in [0.1, 0.15) is 6.42 Å². The maximum absolute atomic E-state index is 8.85. The van der Waals surface area contributed by atoms with Crippen LogP contribution in [0, 0.1) is 35.0 Å². The summed E-state index contributed by atoms with van der Waals surface area (Å²) in [5, 5.41) is 8.85. The Bertz CT molecular complexity index is 228. The molecule has 0 amide bonds. The van der Waals surface area contributed by atoms with Gasteiger partial charge in [-0.05, 0) is 24.2 Å². The van der Waals surface area contributed by atoms with Crippen LogP contribution >= 0.6 is 11.6 Å². The Labute approximate surface area is 71.7 Å². The quantitative estimate of drug-likeness (QED) is 0.434. The third kappa shape index (κ3) is 0.895. The lowest BCUT2D eigenvalue weighted by molar-refractivity contribution is 0.417. The maximum Gasteiger partial charge on any atom is 0.0665 e. The molecule has 0 N–H and O–H groups in total.